The topological polar surface area (TPSA) is 65.2 Å². The molecule has 1 aromatic carbocycles. The van der Waals surface area contributed by atoms with Gasteiger partial charge < -0.3 is 10.5 Å². The predicted molar refractivity (Wildman–Crippen MR) is 73.6 cm³/mol. The highest BCUT2D eigenvalue weighted by Gasteiger charge is 2.13. The van der Waals surface area contributed by atoms with E-state index in [1.165, 1.54) is 6.07 Å². The van der Waals surface area contributed by atoms with Gasteiger partial charge in [0.1, 0.15) is 12.4 Å². The number of rotatable bonds is 3. The molecule has 0 saturated carbocycles. The number of nitrogen functional groups attached to an aromatic ring is 1. The van der Waals surface area contributed by atoms with Crippen molar-refractivity contribution in [3.63, 3.8) is 0 Å². The first kappa shape index (κ1) is 14.0. The molecule has 0 bridgehead atoms. The largest absolute Gasteiger partial charge is 0.456 e. The minimum absolute atomic E-state index is 0.0426. The lowest BCUT2D eigenvalue weighted by molar-refractivity contribution is 0.0466. The van der Waals surface area contributed by atoms with Gasteiger partial charge in [0, 0.05) is 17.4 Å². The van der Waals surface area contributed by atoms with Gasteiger partial charge in [0.2, 0.25) is 0 Å². The first-order valence-corrected chi connectivity index (χ1v) is 6.12. The summed E-state index contributed by atoms with van der Waals surface area (Å²) in [5.41, 5.74) is 7.87. The van der Waals surface area contributed by atoms with Crippen LogP contribution < -0.4 is 5.73 Å². The molecule has 2 N–H and O–H groups in total. The number of hydrogen-bond donors (Lipinski definition) is 1. The molecule has 0 spiro atoms. The quantitative estimate of drug-likeness (QED) is 0.690. The molecule has 1 aromatic heterocycles. The van der Waals surface area contributed by atoms with Crippen LogP contribution in [0.5, 0.6) is 0 Å². The van der Waals surface area contributed by atoms with Crippen LogP contribution in [0.4, 0.5) is 10.1 Å². The number of nitrogens with two attached hydrogens (primary N) is 1. The van der Waals surface area contributed by atoms with Gasteiger partial charge in [0.15, 0.2) is 0 Å². The minimum atomic E-state index is -0.624. The van der Waals surface area contributed by atoms with E-state index in [4.69, 9.17) is 10.5 Å². The lowest BCUT2D eigenvalue weighted by Crippen LogP contribution is -2.09. The summed E-state index contributed by atoms with van der Waals surface area (Å²) in [6.07, 6.45) is 1.62. The zero-order chi connectivity index (χ0) is 14.7. The number of halogens is 1. The highest BCUT2D eigenvalue weighted by Crippen LogP contribution is 2.18. The molecule has 0 aliphatic carbocycles. The standard InChI is InChI=1S/C15H15FN2O2/c1-9-4-3-5-18-14(9)8-20-15(19)11-6-12(16)10(2)13(17)7-11/h3-7H,8,17H2,1-2H3. The molecule has 0 aliphatic heterocycles. The summed E-state index contributed by atoms with van der Waals surface area (Å²) in [6, 6.07) is 6.21. The molecule has 0 amide bonds. The van der Waals surface area contributed by atoms with Crippen LogP contribution in [0.15, 0.2) is 30.5 Å². The molecule has 2 aromatic rings. The van der Waals surface area contributed by atoms with Crippen molar-refractivity contribution >= 4 is 11.7 Å². The van der Waals surface area contributed by atoms with E-state index in [1.54, 1.807) is 19.2 Å². The summed E-state index contributed by atoms with van der Waals surface area (Å²) in [7, 11) is 0. The molecule has 2 rings (SSSR count). The maximum absolute atomic E-state index is 13.5. The van der Waals surface area contributed by atoms with E-state index in [9.17, 15) is 9.18 Å². The van der Waals surface area contributed by atoms with Gasteiger partial charge in [0.05, 0.1) is 11.3 Å². The van der Waals surface area contributed by atoms with Crippen LogP contribution >= 0.6 is 0 Å². The molecular formula is C15H15FN2O2. The number of ether oxygens (including phenoxy) is 1. The Balaban J connectivity index is 2.11. The minimum Gasteiger partial charge on any atom is -0.456 e. The number of pyridine rings is 1. The highest BCUT2D eigenvalue weighted by atomic mass is 19.1. The van der Waals surface area contributed by atoms with E-state index < -0.39 is 11.8 Å². The summed E-state index contributed by atoms with van der Waals surface area (Å²) in [4.78, 5) is 16.0. The first-order valence-electron chi connectivity index (χ1n) is 6.12. The fourth-order valence-corrected chi connectivity index (χ4v) is 1.70. The Hall–Kier alpha value is -2.43. The van der Waals surface area contributed by atoms with Gasteiger partial charge >= 0.3 is 5.97 Å². The van der Waals surface area contributed by atoms with Gasteiger partial charge in [-0.2, -0.15) is 0 Å². The SMILES string of the molecule is Cc1cccnc1COC(=O)c1cc(N)c(C)c(F)c1. The molecule has 0 aliphatic rings. The van der Waals surface area contributed by atoms with E-state index >= 15 is 0 Å². The number of nitrogens with zero attached hydrogens (tertiary/aromatic N) is 1. The third-order valence-electron chi connectivity index (χ3n) is 3.08. The van der Waals surface area contributed by atoms with E-state index in [1.807, 2.05) is 13.0 Å². The van der Waals surface area contributed by atoms with E-state index in [0.29, 0.717) is 11.3 Å². The molecule has 0 atom stereocenters. The van der Waals surface area contributed by atoms with Crippen molar-refractivity contribution in [3.05, 3.63) is 58.7 Å². The molecule has 1 heterocycles. The van der Waals surface area contributed by atoms with Crippen molar-refractivity contribution in [2.75, 3.05) is 5.73 Å². The predicted octanol–water partition coefficient (Wildman–Crippen LogP) is 2.78. The number of carbonyl (C=O) groups excluding carboxylic acids is 1. The van der Waals surface area contributed by atoms with Crippen molar-refractivity contribution in [2.24, 2.45) is 0 Å². The van der Waals surface area contributed by atoms with Crippen LogP contribution in [0.3, 0.4) is 0 Å². The summed E-state index contributed by atoms with van der Waals surface area (Å²) in [5, 5.41) is 0. The number of anilines is 1. The molecule has 0 radical (unpaired) electrons. The van der Waals surface area contributed by atoms with Gasteiger partial charge in [-0.05, 0) is 37.6 Å². The summed E-state index contributed by atoms with van der Waals surface area (Å²) in [5.74, 6) is -1.15. The average molecular weight is 274 g/mol. The Bertz CT molecular complexity index is 633. The van der Waals surface area contributed by atoms with Crippen molar-refractivity contribution in [1.82, 2.24) is 4.98 Å². The van der Waals surface area contributed by atoms with Crippen LogP contribution in [0.1, 0.15) is 27.2 Å². The number of esters is 1. The Morgan fingerprint density at radius 3 is 2.80 bits per heavy atom. The first-order chi connectivity index (χ1) is 9.49. The van der Waals surface area contributed by atoms with Gasteiger partial charge in [-0.1, -0.05) is 6.07 Å². The highest BCUT2D eigenvalue weighted by molar-refractivity contribution is 5.90. The second-order valence-electron chi connectivity index (χ2n) is 4.52. The lowest BCUT2D eigenvalue weighted by atomic mass is 10.1. The van der Waals surface area contributed by atoms with Crippen LogP contribution in [0, 0.1) is 19.7 Å². The summed E-state index contributed by atoms with van der Waals surface area (Å²) >= 11 is 0. The van der Waals surface area contributed by atoms with Crippen LogP contribution in [0.25, 0.3) is 0 Å². The van der Waals surface area contributed by atoms with Crippen LogP contribution in [-0.4, -0.2) is 11.0 Å². The number of benzene rings is 1. The van der Waals surface area contributed by atoms with Gasteiger partial charge in [-0.3, -0.25) is 4.98 Å². The molecule has 104 valence electrons. The number of hydrogen-bond acceptors (Lipinski definition) is 4. The van der Waals surface area contributed by atoms with Gasteiger partial charge in [-0.15, -0.1) is 0 Å². The Morgan fingerprint density at radius 2 is 2.15 bits per heavy atom. The normalized spacial score (nSPS) is 10.3. The maximum atomic E-state index is 13.5. The molecule has 20 heavy (non-hydrogen) atoms. The van der Waals surface area contributed by atoms with Gasteiger partial charge in [0.25, 0.3) is 0 Å². The Labute approximate surface area is 116 Å². The Morgan fingerprint density at radius 1 is 1.40 bits per heavy atom. The fraction of sp³-hybridized carbons (Fsp3) is 0.200. The fourth-order valence-electron chi connectivity index (χ4n) is 1.70. The van der Waals surface area contributed by atoms with E-state index in [0.717, 1.165) is 11.6 Å². The third kappa shape index (κ3) is 2.93. The van der Waals surface area contributed by atoms with Crippen LogP contribution in [0.2, 0.25) is 0 Å². The van der Waals surface area contributed by atoms with E-state index in [2.05, 4.69) is 4.98 Å². The zero-order valence-electron chi connectivity index (χ0n) is 11.3. The second kappa shape index (κ2) is 5.69. The van der Waals surface area contributed by atoms with Crippen molar-refractivity contribution in [2.45, 2.75) is 20.5 Å². The smallest absolute Gasteiger partial charge is 0.338 e. The van der Waals surface area contributed by atoms with Crippen molar-refractivity contribution < 1.29 is 13.9 Å². The number of aryl methyl sites for hydroxylation is 1. The summed E-state index contributed by atoms with van der Waals surface area (Å²) < 4.78 is 18.6. The van der Waals surface area contributed by atoms with Crippen molar-refractivity contribution in [1.29, 1.82) is 0 Å². The summed E-state index contributed by atoms with van der Waals surface area (Å²) in [6.45, 7) is 3.47. The average Bonchev–Trinajstić information content (AvgIpc) is 2.43. The van der Waals surface area contributed by atoms with Gasteiger partial charge in [-0.25, -0.2) is 9.18 Å². The van der Waals surface area contributed by atoms with Crippen LogP contribution in [-0.2, 0) is 11.3 Å². The molecule has 0 unspecified atom stereocenters. The number of aromatic nitrogens is 1. The Kier molecular flexibility index (Phi) is 3.98. The molecule has 4 nitrogen and oxygen atoms in total. The molecule has 5 heteroatoms. The third-order valence-corrected chi connectivity index (χ3v) is 3.08. The number of carbonyl (C=O) groups is 1. The second-order valence-corrected chi connectivity index (χ2v) is 4.52. The monoisotopic (exact) mass is 274 g/mol. The molecule has 0 saturated heterocycles. The van der Waals surface area contributed by atoms with Crippen molar-refractivity contribution in [3.8, 4) is 0 Å². The van der Waals surface area contributed by atoms with E-state index in [-0.39, 0.29) is 17.9 Å². The molecule has 0 fully saturated rings. The molecular weight excluding hydrogens is 259 g/mol. The zero-order valence-corrected chi connectivity index (χ0v) is 11.3. The lowest BCUT2D eigenvalue weighted by Gasteiger charge is -2.08. The maximum Gasteiger partial charge on any atom is 0.338 e.